The van der Waals surface area contributed by atoms with Crippen LogP contribution in [0.2, 0.25) is 0 Å². The number of benzene rings is 3. The first kappa shape index (κ1) is 22.7. The van der Waals surface area contributed by atoms with Crippen LogP contribution in [0.3, 0.4) is 0 Å². The van der Waals surface area contributed by atoms with Crippen molar-refractivity contribution in [2.45, 2.75) is 13.3 Å². The van der Waals surface area contributed by atoms with Crippen molar-refractivity contribution in [1.29, 1.82) is 0 Å². The van der Waals surface area contributed by atoms with Gasteiger partial charge in [-0.15, -0.1) is 13.2 Å². The smallest absolute Gasteiger partial charge is 0.462 e. The first-order chi connectivity index (χ1) is 15.2. The number of hydrogen-bond donors (Lipinski definition) is 2. The predicted octanol–water partition coefficient (Wildman–Crippen LogP) is 6.07. The number of hydrogen-bond acceptors (Lipinski definition) is 4. The van der Waals surface area contributed by atoms with Gasteiger partial charge in [-0.05, 0) is 55.0 Å². The largest absolute Gasteiger partial charge is 0.573 e. The molecule has 0 fully saturated rings. The lowest BCUT2D eigenvalue weighted by atomic mass is 10.0. The van der Waals surface area contributed by atoms with E-state index in [9.17, 15) is 22.8 Å². The number of urea groups is 1. The highest BCUT2D eigenvalue weighted by atomic mass is 19.4. The molecule has 0 aromatic heterocycles. The average molecular weight is 444 g/mol. The lowest BCUT2D eigenvalue weighted by molar-refractivity contribution is -0.274. The lowest BCUT2D eigenvalue weighted by Crippen LogP contribution is -2.20. The van der Waals surface area contributed by atoms with E-state index in [1.807, 2.05) is 0 Å². The fraction of sp³-hybridized carbons (Fsp3) is 0.130. The topological polar surface area (TPSA) is 76.7 Å². The van der Waals surface area contributed by atoms with Gasteiger partial charge in [0, 0.05) is 11.3 Å². The molecule has 0 heterocycles. The van der Waals surface area contributed by atoms with Crippen LogP contribution in [0.15, 0.2) is 72.8 Å². The van der Waals surface area contributed by atoms with Gasteiger partial charge in [-0.1, -0.05) is 30.3 Å². The number of esters is 1. The quantitative estimate of drug-likeness (QED) is 0.452. The minimum Gasteiger partial charge on any atom is -0.462 e. The van der Waals surface area contributed by atoms with E-state index in [1.165, 1.54) is 12.1 Å². The molecule has 0 saturated heterocycles. The number of alkyl halides is 3. The molecule has 32 heavy (non-hydrogen) atoms. The highest BCUT2D eigenvalue weighted by Gasteiger charge is 2.30. The molecule has 166 valence electrons. The van der Waals surface area contributed by atoms with Crippen molar-refractivity contribution in [1.82, 2.24) is 0 Å². The Bertz CT molecular complexity index is 1080. The number of ether oxygens (including phenoxy) is 2. The minimum absolute atomic E-state index is 0.278. The zero-order chi connectivity index (χ0) is 23.1. The molecule has 6 nitrogen and oxygen atoms in total. The van der Waals surface area contributed by atoms with Gasteiger partial charge in [-0.2, -0.15) is 0 Å². The summed E-state index contributed by atoms with van der Waals surface area (Å²) in [6.45, 7) is 2.00. The normalized spacial score (nSPS) is 10.9. The standard InChI is InChI=1S/C23H19F3N2O4/c1-2-31-21(29)16-9-7-15(8-10-16)19-5-3-4-6-20(19)28-22(30)27-17-11-13-18(14-12-17)32-23(24,25)26/h3-14H,2H2,1H3,(H2,27,28,30). The Labute approximate surface area is 182 Å². The first-order valence-electron chi connectivity index (χ1n) is 9.55. The molecule has 2 N–H and O–H groups in total. The van der Waals surface area contributed by atoms with Crippen LogP contribution >= 0.6 is 0 Å². The van der Waals surface area contributed by atoms with Crippen molar-refractivity contribution in [3.8, 4) is 16.9 Å². The van der Waals surface area contributed by atoms with Crippen LogP contribution in [0, 0.1) is 0 Å². The van der Waals surface area contributed by atoms with Gasteiger partial charge in [0.1, 0.15) is 5.75 Å². The number of nitrogens with one attached hydrogen (secondary N) is 2. The van der Waals surface area contributed by atoms with Crippen molar-refractivity contribution in [3.05, 3.63) is 78.4 Å². The highest BCUT2D eigenvalue weighted by Crippen LogP contribution is 2.29. The number of carbonyl (C=O) groups is 2. The third kappa shape index (κ3) is 6.24. The van der Waals surface area contributed by atoms with E-state index in [4.69, 9.17) is 4.74 Å². The maximum absolute atomic E-state index is 12.4. The van der Waals surface area contributed by atoms with Gasteiger partial charge in [0.2, 0.25) is 0 Å². The Hall–Kier alpha value is -4.01. The van der Waals surface area contributed by atoms with Crippen molar-refractivity contribution in [2.75, 3.05) is 17.2 Å². The Morgan fingerprint density at radius 3 is 2.16 bits per heavy atom. The third-order valence-electron chi connectivity index (χ3n) is 4.23. The maximum atomic E-state index is 12.4. The van der Waals surface area contributed by atoms with Gasteiger partial charge < -0.3 is 20.1 Å². The summed E-state index contributed by atoms with van der Waals surface area (Å²) in [6, 6.07) is 18.0. The van der Waals surface area contributed by atoms with Gasteiger partial charge in [0.05, 0.1) is 17.9 Å². The Kier molecular flexibility index (Phi) is 6.99. The van der Waals surface area contributed by atoms with Crippen LogP contribution in [-0.2, 0) is 4.74 Å². The second-order valence-corrected chi connectivity index (χ2v) is 6.49. The van der Waals surface area contributed by atoms with E-state index in [0.717, 1.165) is 17.7 Å². The molecule has 0 radical (unpaired) electrons. The second kappa shape index (κ2) is 9.86. The van der Waals surface area contributed by atoms with Crippen LogP contribution < -0.4 is 15.4 Å². The molecule has 2 amide bonds. The van der Waals surface area contributed by atoms with Gasteiger partial charge >= 0.3 is 18.4 Å². The van der Waals surface area contributed by atoms with Crippen molar-refractivity contribution < 1.29 is 32.2 Å². The molecular formula is C23H19F3N2O4. The third-order valence-corrected chi connectivity index (χ3v) is 4.23. The minimum atomic E-state index is -4.79. The van der Waals surface area contributed by atoms with Gasteiger partial charge in [0.15, 0.2) is 0 Å². The van der Waals surface area contributed by atoms with Gasteiger partial charge in [-0.25, -0.2) is 9.59 Å². The molecule has 0 atom stereocenters. The maximum Gasteiger partial charge on any atom is 0.573 e. The molecule has 9 heteroatoms. The number of para-hydroxylation sites is 1. The van der Waals surface area contributed by atoms with Crippen LogP contribution in [0.5, 0.6) is 5.75 Å². The lowest BCUT2D eigenvalue weighted by Gasteiger charge is -2.13. The molecule has 0 aliphatic heterocycles. The van der Waals surface area contributed by atoms with E-state index in [1.54, 1.807) is 55.5 Å². The summed E-state index contributed by atoms with van der Waals surface area (Å²) in [5.74, 6) is -0.809. The van der Waals surface area contributed by atoms with Crippen LogP contribution in [0.4, 0.5) is 29.3 Å². The Balaban J connectivity index is 1.69. The summed E-state index contributed by atoms with van der Waals surface area (Å²) in [5.41, 5.74) is 2.69. The molecule has 0 spiro atoms. The monoisotopic (exact) mass is 444 g/mol. The molecule has 0 unspecified atom stereocenters. The van der Waals surface area contributed by atoms with Crippen LogP contribution in [0.25, 0.3) is 11.1 Å². The fourth-order valence-electron chi connectivity index (χ4n) is 2.87. The van der Waals surface area contributed by atoms with Crippen LogP contribution in [-0.4, -0.2) is 25.0 Å². The van der Waals surface area contributed by atoms with E-state index < -0.39 is 18.4 Å². The molecule has 0 bridgehead atoms. The van der Waals surface area contributed by atoms with E-state index in [0.29, 0.717) is 16.8 Å². The summed E-state index contributed by atoms with van der Waals surface area (Å²) in [7, 11) is 0. The van der Waals surface area contributed by atoms with Crippen molar-refractivity contribution >= 4 is 23.4 Å². The number of halogens is 3. The average Bonchev–Trinajstić information content (AvgIpc) is 2.75. The Morgan fingerprint density at radius 2 is 1.53 bits per heavy atom. The summed E-state index contributed by atoms with van der Waals surface area (Å²) in [6.07, 6.45) is -4.79. The molecule has 0 saturated carbocycles. The number of amides is 2. The molecular weight excluding hydrogens is 425 g/mol. The van der Waals surface area contributed by atoms with E-state index >= 15 is 0 Å². The van der Waals surface area contributed by atoms with Gasteiger partial charge in [0.25, 0.3) is 0 Å². The van der Waals surface area contributed by atoms with Crippen molar-refractivity contribution in [3.63, 3.8) is 0 Å². The molecule has 3 aromatic carbocycles. The molecule has 3 rings (SSSR count). The summed E-state index contributed by atoms with van der Waals surface area (Å²) in [5, 5.41) is 5.26. The van der Waals surface area contributed by atoms with Crippen LogP contribution in [0.1, 0.15) is 17.3 Å². The highest BCUT2D eigenvalue weighted by molar-refractivity contribution is 6.02. The van der Waals surface area contributed by atoms with Crippen molar-refractivity contribution in [2.24, 2.45) is 0 Å². The predicted molar refractivity (Wildman–Crippen MR) is 114 cm³/mol. The molecule has 3 aromatic rings. The van der Waals surface area contributed by atoms with E-state index in [2.05, 4.69) is 15.4 Å². The summed E-state index contributed by atoms with van der Waals surface area (Å²) >= 11 is 0. The van der Waals surface area contributed by atoms with Gasteiger partial charge in [-0.3, -0.25) is 0 Å². The Morgan fingerprint density at radius 1 is 0.875 bits per heavy atom. The SMILES string of the molecule is CCOC(=O)c1ccc(-c2ccccc2NC(=O)Nc2ccc(OC(F)(F)F)cc2)cc1. The second-order valence-electron chi connectivity index (χ2n) is 6.49. The number of carbonyl (C=O) groups excluding carboxylic acids is 2. The number of anilines is 2. The fourth-order valence-corrected chi connectivity index (χ4v) is 2.87. The first-order valence-corrected chi connectivity index (χ1v) is 9.55. The number of rotatable bonds is 6. The summed E-state index contributed by atoms with van der Waals surface area (Å²) < 4.78 is 45.5. The molecule has 0 aliphatic rings. The molecule has 0 aliphatic carbocycles. The zero-order valence-electron chi connectivity index (χ0n) is 16.9. The van der Waals surface area contributed by atoms with E-state index in [-0.39, 0.29) is 18.0 Å². The zero-order valence-corrected chi connectivity index (χ0v) is 16.9. The summed E-state index contributed by atoms with van der Waals surface area (Å²) in [4.78, 5) is 24.2.